The third-order valence-corrected chi connectivity index (χ3v) is 8.03. The molecule has 0 aromatic carbocycles. The Morgan fingerprint density at radius 2 is 2.00 bits per heavy atom. The molecule has 1 fully saturated rings. The average molecular weight is 411 g/mol. The number of hydrogen-bond donors (Lipinski definition) is 0. The third-order valence-electron chi connectivity index (χ3n) is 5.48. The molecule has 4 rings (SSSR count). The molecule has 1 amide bonds. The van der Waals surface area contributed by atoms with Crippen LogP contribution in [0.4, 0.5) is 0 Å². The van der Waals surface area contributed by atoms with Crippen LogP contribution in [0.5, 0.6) is 0 Å². The van der Waals surface area contributed by atoms with Gasteiger partial charge in [0, 0.05) is 48.8 Å². The van der Waals surface area contributed by atoms with Crippen LogP contribution in [0.2, 0.25) is 0 Å². The van der Waals surface area contributed by atoms with E-state index >= 15 is 0 Å². The molecule has 27 heavy (non-hydrogen) atoms. The number of aromatic nitrogens is 3. The summed E-state index contributed by atoms with van der Waals surface area (Å²) in [5, 5.41) is 8.11. The minimum atomic E-state index is -3.33. The molecule has 0 saturated carbocycles. The van der Waals surface area contributed by atoms with Gasteiger partial charge in [-0.05, 0) is 31.6 Å². The van der Waals surface area contributed by atoms with E-state index in [2.05, 4.69) is 21.7 Å². The Hall–Kier alpha value is -1.81. The standard InChI is InChI=1S/C17H22N4O4S2/c1-10-3-4-13-12(9-10)15(19-25-13)16(22)21-7-5-11(6-8-21)14-17(26-20-18-14)27(2,23)24/h10-11H,3-9H2,1-2H3. The van der Waals surface area contributed by atoms with Crippen molar-refractivity contribution in [1.82, 2.24) is 19.6 Å². The van der Waals surface area contributed by atoms with Crippen molar-refractivity contribution in [2.24, 2.45) is 5.92 Å². The molecule has 0 radical (unpaired) electrons. The lowest BCUT2D eigenvalue weighted by molar-refractivity contribution is 0.0700. The topological polar surface area (TPSA) is 106 Å². The van der Waals surface area contributed by atoms with E-state index in [0.717, 1.165) is 42.1 Å². The zero-order valence-corrected chi connectivity index (χ0v) is 17.0. The predicted octanol–water partition coefficient (Wildman–Crippen LogP) is 2.07. The van der Waals surface area contributed by atoms with Gasteiger partial charge in [0.2, 0.25) is 0 Å². The Morgan fingerprint density at radius 1 is 1.26 bits per heavy atom. The number of likely N-dealkylation sites (tertiary alicyclic amines) is 1. The molecule has 146 valence electrons. The number of sulfone groups is 1. The van der Waals surface area contributed by atoms with Gasteiger partial charge in [0.25, 0.3) is 5.91 Å². The molecule has 1 aliphatic heterocycles. The van der Waals surface area contributed by atoms with E-state index < -0.39 is 9.84 Å². The van der Waals surface area contributed by atoms with Gasteiger partial charge in [-0.2, -0.15) is 0 Å². The molecule has 0 bridgehead atoms. The maximum atomic E-state index is 12.9. The molecule has 1 aliphatic carbocycles. The molecule has 1 saturated heterocycles. The van der Waals surface area contributed by atoms with Gasteiger partial charge in [0.05, 0.1) is 5.69 Å². The lowest BCUT2D eigenvalue weighted by Crippen LogP contribution is -2.38. The van der Waals surface area contributed by atoms with E-state index in [1.54, 1.807) is 4.90 Å². The molecule has 0 N–H and O–H groups in total. The number of fused-ring (bicyclic) bond motifs is 1. The first-order valence-electron chi connectivity index (χ1n) is 9.13. The van der Waals surface area contributed by atoms with Crippen LogP contribution < -0.4 is 0 Å². The van der Waals surface area contributed by atoms with Crippen LogP contribution in [0.3, 0.4) is 0 Å². The minimum absolute atomic E-state index is 0.00349. The zero-order valence-electron chi connectivity index (χ0n) is 15.3. The summed E-state index contributed by atoms with van der Waals surface area (Å²) in [5.74, 6) is 1.29. The van der Waals surface area contributed by atoms with Gasteiger partial charge in [-0.25, -0.2) is 8.42 Å². The Bertz CT molecular complexity index is 957. The number of aryl methyl sites for hydroxylation is 1. The summed E-state index contributed by atoms with van der Waals surface area (Å²) < 4.78 is 33.3. The number of piperidine rings is 1. The Morgan fingerprint density at radius 3 is 2.70 bits per heavy atom. The molecule has 0 spiro atoms. The Labute approximate surface area is 162 Å². The van der Waals surface area contributed by atoms with E-state index in [-0.39, 0.29) is 16.0 Å². The second-order valence-corrected chi connectivity index (χ2v) is 10.5. The molecular weight excluding hydrogens is 388 g/mol. The maximum absolute atomic E-state index is 12.9. The van der Waals surface area contributed by atoms with Gasteiger partial charge >= 0.3 is 0 Å². The van der Waals surface area contributed by atoms with E-state index in [0.29, 0.717) is 43.2 Å². The van der Waals surface area contributed by atoms with E-state index in [1.165, 1.54) is 6.26 Å². The zero-order chi connectivity index (χ0) is 19.2. The highest BCUT2D eigenvalue weighted by molar-refractivity contribution is 7.92. The second-order valence-electron chi connectivity index (χ2n) is 7.57. The highest BCUT2D eigenvalue weighted by Gasteiger charge is 2.33. The van der Waals surface area contributed by atoms with Crippen LogP contribution in [0.25, 0.3) is 0 Å². The summed E-state index contributed by atoms with van der Waals surface area (Å²) in [4.78, 5) is 14.7. The van der Waals surface area contributed by atoms with Crippen molar-refractivity contribution >= 4 is 27.3 Å². The van der Waals surface area contributed by atoms with E-state index in [4.69, 9.17) is 4.52 Å². The van der Waals surface area contributed by atoms with Crippen LogP contribution in [0.15, 0.2) is 8.73 Å². The average Bonchev–Trinajstić information content (AvgIpc) is 3.28. The fourth-order valence-corrected chi connectivity index (χ4v) is 5.68. The van der Waals surface area contributed by atoms with Crippen LogP contribution >= 0.6 is 11.5 Å². The molecule has 3 heterocycles. The SMILES string of the molecule is CC1CCc2onc(C(=O)N3CCC(c4nnsc4S(C)(=O)=O)CC3)c2C1. The molecule has 1 unspecified atom stereocenters. The fraction of sp³-hybridized carbons (Fsp3) is 0.647. The van der Waals surface area contributed by atoms with Crippen molar-refractivity contribution in [1.29, 1.82) is 0 Å². The number of nitrogens with zero attached hydrogens (tertiary/aromatic N) is 4. The minimum Gasteiger partial charge on any atom is -0.360 e. The summed E-state index contributed by atoms with van der Waals surface area (Å²) >= 11 is 0.919. The highest BCUT2D eigenvalue weighted by Crippen LogP contribution is 2.34. The monoisotopic (exact) mass is 410 g/mol. The number of amides is 1. The van der Waals surface area contributed by atoms with Gasteiger partial charge in [0.1, 0.15) is 5.76 Å². The number of rotatable bonds is 3. The fourth-order valence-electron chi connectivity index (χ4n) is 3.95. The van der Waals surface area contributed by atoms with Crippen LogP contribution in [-0.4, -0.2) is 53.3 Å². The molecule has 2 aliphatic rings. The summed E-state index contributed by atoms with van der Waals surface area (Å²) in [7, 11) is -3.33. The molecule has 2 aromatic rings. The first kappa shape index (κ1) is 18.5. The largest absolute Gasteiger partial charge is 0.360 e. The van der Waals surface area contributed by atoms with Crippen molar-refractivity contribution in [2.45, 2.75) is 49.2 Å². The van der Waals surface area contributed by atoms with Gasteiger partial charge in [-0.15, -0.1) is 5.10 Å². The smallest absolute Gasteiger partial charge is 0.276 e. The Kier molecular flexibility index (Phi) is 4.79. The molecule has 2 aromatic heterocycles. The number of carbonyl (C=O) groups excluding carboxylic acids is 1. The highest BCUT2D eigenvalue weighted by atomic mass is 32.2. The van der Waals surface area contributed by atoms with E-state index in [1.807, 2.05) is 0 Å². The van der Waals surface area contributed by atoms with Crippen molar-refractivity contribution in [3.8, 4) is 0 Å². The van der Waals surface area contributed by atoms with Gasteiger partial charge in [0.15, 0.2) is 19.7 Å². The molecule has 10 heteroatoms. The van der Waals surface area contributed by atoms with Gasteiger partial charge in [-0.1, -0.05) is 16.6 Å². The number of hydrogen-bond acceptors (Lipinski definition) is 8. The van der Waals surface area contributed by atoms with E-state index in [9.17, 15) is 13.2 Å². The Balaban J connectivity index is 1.47. The maximum Gasteiger partial charge on any atom is 0.276 e. The molecular formula is C17H22N4O4S2. The van der Waals surface area contributed by atoms with Crippen molar-refractivity contribution in [2.75, 3.05) is 19.3 Å². The van der Waals surface area contributed by atoms with Crippen LogP contribution in [0, 0.1) is 5.92 Å². The second kappa shape index (κ2) is 6.97. The molecule has 1 atom stereocenters. The lowest BCUT2D eigenvalue weighted by Gasteiger charge is -2.31. The third kappa shape index (κ3) is 3.52. The molecule has 8 nitrogen and oxygen atoms in total. The van der Waals surface area contributed by atoms with Gasteiger partial charge in [-0.3, -0.25) is 4.79 Å². The first-order chi connectivity index (χ1) is 12.8. The van der Waals surface area contributed by atoms with Gasteiger partial charge < -0.3 is 9.42 Å². The van der Waals surface area contributed by atoms with Crippen molar-refractivity contribution < 1.29 is 17.7 Å². The summed E-state index contributed by atoms with van der Waals surface area (Å²) in [5.41, 5.74) is 1.95. The quantitative estimate of drug-likeness (QED) is 0.762. The van der Waals surface area contributed by atoms with Crippen molar-refractivity contribution in [3.63, 3.8) is 0 Å². The lowest BCUT2D eigenvalue weighted by atomic mass is 9.87. The predicted molar refractivity (Wildman–Crippen MR) is 98.6 cm³/mol. The van der Waals surface area contributed by atoms with Crippen molar-refractivity contribution in [3.05, 3.63) is 22.7 Å². The summed E-state index contributed by atoms with van der Waals surface area (Å²) in [6.45, 7) is 3.26. The summed E-state index contributed by atoms with van der Waals surface area (Å²) in [6.07, 6.45) is 5.24. The van der Waals surface area contributed by atoms with Crippen LogP contribution in [0.1, 0.15) is 59.6 Å². The number of carbonyl (C=O) groups is 1. The van der Waals surface area contributed by atoms with Crippen LogP contribution in [-0.2, 0) is 22.7 Å². The first-order valence-corrected chi connectivity index (χ1v) is 11.8. The normalized spacial score (nSPS) is 21.3. The summed E-state index contributed by atoms with van der Waals surface area (Å²) in [6, 6.07) is 0.